The molecule has 0 atom stereocenters. The van der Waals surface area contributed by atoms with E-state index in [0.29, 0.717) is 17.3 Å². The van der Waals surface area contributed by atoms with Gasteiger partial charge < -0.3 is 10.3 Å². The van der Waals surface area contributed by atoms with Crippen LogP contribution >= 0.6 is 22.9 Å². The van der Waals surface area contributed by atoms with Crippen LogP contribution in [0.3, 0.4) is 0 Å². The molecule has 2 heterocycles. The summed E-state index contributed by atoms with van der Waals surface area (Å²) in [4.78, 5) is 20.0. The van der Waals surface area contributed by atoms with E-state index in [1.165, 1.54) is 5.56 Å². The molecule has 0 radical (unpaired) electrons. The fourth-order valence-corrected chi connectivity index (χ4v) is 3.85. The average Bonchev–Trinajstić information content (AvgIpc) is 3.29. The number of aromatic amines is 1. The van der Waals surface area contributed by atoms with Crippen molar-refractivity contribution in [3.63, 3.8) is 0 Å². The Balaban J connectivity index is 1.36. The van der Waals surface area contributed by atoms with Gasteiger partial charge in [-0.05, 0) is 31.0 Å². The van der Waals surface area contributed by atoms with E-state index in [9.17, 15) is 4.79 Å². The van der Waals surface area contributed by atoms with Gasteiger partial charge in [0.25, 0.3) is 5.91 Å². The zero-order valence-electron chi connectivity index (χ0n) is 14.8. The van der Waals surface area contributed by atoms with Gasteiger partial charge in [-0.3, -0.25) is 4.79 Å². The van der Waals surface area contributed by atoms with Crippen molar-refractivity contribution in [2.75, 3.05) is 6.54 Å². The number of carbonyl (C=O) groups is 1. The van der Waals surface area contributed by atoms with Crippen LogP contribution in [0.5, 0.6) is 0 Å². The largest absolute Gasteiger partial charge is 0.350 e. The summed E-state index contributed by atoms with van der Waals surface area (Å²) in [5.41, 5.74) is 4.60. The normalized spacial score (nSPS) is 11.0. The van der Waals surface area contributed by atoms with Gasteiger partial charge in [0.1, 0.15) is 5.69 Å². The van der Waals surface area contributed by atoms with Crippen LogP contribution in [0.4, 0.5) is 0 Å². The Kier molecular flexibility index (Phi) is 4.97. The van der Waals surface area contributed by atoms with E-state index in [0.717, 1.165) is 33.6 Å². The maximum absolute atomic E-state index is 12.4. The summed E-state index contributed by atoms with van der Waals surface area (Å²) in [6.07, 6.45) is 0.767. The SMILES string of the molecule is Cc1nc(-c2ccc(CCNC(=O)c3cc4cccc(Cl)c4[nH]3)cc2)cs1. The third kappa shape index (κ3) is 3.89. The van der Waals surface area contributed by atoms with Gasteiger partial charge in [-0.1, -0.05) is 48.0 Å². The van der Waals surface area contributed by atoms with Crippen LogP contribution in [-0.2, 0) is 6.42 Å². The number of thiazole rings is 1. The van der Waals surface area contributed by atoms with Crippen molar-refractivity contribution in [3.05, 3.63) is 75.2 Å². The lowest BCUT2D eigenvalue weighted by Crippen LogP contribution is -2.25. The Morgan fingerprint density at radius 1 is 1.22 bits per heavy atom. The lowest BCUT2D eigenvalue weighted by atomic mass is 10.1. The van der Waals surface area contributed by atoms with Crippen LogP contribution in [0.15, 0.2) is 53.9 Å². The summed E-state index contributed by atoms with van der Waals surface area (Å²) in [7, 11) is 0. The molecule has 2 aromatic carbocycles. The second kappa shape index (κ2) is 7.55. The lowest BCUT2D eigenvalue weighted by molar-refractivity contribution is 0.0950. The van der Waals surface area contributed by atoms with Crippen LogP contribution in [0.25, 0.3) is 22.2 Å². The fourth-order valence-electron chi connectivity index (χ4n) is 3.00. The number of rotatable bonds is 5. The van der Waals surface area contributed by atoms with Crippen molar-refractivity contribution in [2.24, 2.45) is 0 Å². The Morgan fingerprint density at radius 3 is 2.74 bits per heavy atom. The molecule has 1 amide bonds. The van der Waals surface area contributed by atoms with Crippen molar-refractivity contribution in [2.45, 2.75) is 13.3 Å². The Labute approximate surface area is 166 Å². The Hall–Kier alpha value is -2.63. The molecule has 0 bridgehead atoms. The van der Waals surface area contributed by atoms with E-state index in [1.54, 1.807) is 17.4 Å². The zero-order chi connectivity index (χ0) is 18.8. The minimum absolute atomic E-state index is 0.128. The summed E-state index contributed by atoms with van der Waals surface area (Å²) in [5, 5.41) is 7.63. The van der Waals surface area contributed by atoms with Crippen LogP contribution in [0.1, 0.15) is 21.1 Å². The molecule has 0 spiro atoms. The van der Waals surface area contributed by atoms with Gasteiger partial charge in [-0.15, -0.1) is 11.3 Å². The summed E-state index contributed by atoms with van der Waals surface area (Å²) < 4.78 is 0. The molecule has 2 N–H and O–H groups in total. The van der Waals surface area contributed by atoms with Gasteiger partial charge in [-0.25, -0.2) is 4.98 Å². The van der Waals surface area contributed by atoms with E-state index < -0.39 is 0 Å². The maximum atomic E-state index is 12.4. The van der Waals surface area contributed by atoms with Crippen molar-refractivity contribution in [1.29, 1.82) is 0 Å². The summed E-state index contributed by atoms with van der Waals surface area (Å²) >= 11 is 7.80. The van der Waals surface area contributed by atoms with Crippen LogP contribution in [-0.4, -0.2) is 22.4 Å². The Morgan fingerprint density at radius 2 is 2.04 bits per heavy atom. The number of fused-ring (bicyclic) bond motifs is 1. The highest BCUT2D eigenvalue weighted by Crippen LogP contribution is 2.24. The smallest absolute Gasteiger partial charge is 0.267 e. The number of aromatic nitrogens is 2. The van der Waals surface area contributed by atoms with Crippen LogP contribution in [0, 0.1) is 6.92 Å². The van der Waals surface area contributed by atoms with Gasteiger partial charge in [0, 0.05) is 22.9 Å². The quantitative estimate of drug-likeness (QED) is 0.486. The molecule has 27 heavy (non-hydrogen) atoms. The number of amides is 1. The number of para-hydroxylation sites is 1. The van der Waals surface area contributed by atoms with Gasteiger partial charge in [0.15, 0.2) is 0 Å². The molecule has 0 aliphatic carbocycles. The molecule has 2 aromatic heterocycles. The second-order valence-corrected chi connectivity index (χ2v) is 7.81. The molecular weight excluding hydrogens is 378 g/mol. The lowest BCUT2D eigenvalue weighted by Gasteiger charge is -2.05. The topological polar surface area (TPSA) is 57.8 Å². The first-order valence-electron chi connectivity index (χ1n) is 8.67. The van der Waals surface area contributed by atoms with E-state index in [2.05, 4.69) is 44.9 Å². The first kappa shape index (κ1) is 17.8. The molecule has 0 saturated carbocycles. The zero-order valence-corrected chi connectivity index (χ0v) is 16.3. The molecule has 0 unspecified atom stereocenters. The van der Waals surface area contributed by atoms with Crippen molar-refractivity contribution in [3.8, 4) is 11.3 Å². The number of hydrogen-bond donors (Lipinski definition) is 2. The highest BCUT2D eigenvalue weighted by molar-refractivity contribution is 7.09. The first-order valence-corrected chi connectivity index (χ1v) is 9.93. The minimum Gasteiger partial charge on any atom is -0.350 e. The number of H-pyrrole nitrogens is 1. The number of carbonyl (C=O) groups excluding carboxylic acids is 1. The predicted molar refractivity (Wildman–Crippen MR) is 112 cm³/mol. The third-order valence-electron chi connectivity index (χ3n) is 4.42. The van der Waals surface area contributed by atoms with E-state index in [-0.39, 0.29) is 5.91 Å². The minimum atomic E-state index is -0.128. The summed E-state index contributed by atoms with van der Waals surface area (Å²) in [5.74, 6) is -0.128. The number of aryl methyl sites for hydroxylation is 1. The van der Waals surface area contributed by atoms with Crippen molar-refractivity contribution in [1.82, 2.24) is 15.3 Å². The summed E-state index contributed by atoms with van der Waals surface area (Å²) in [6.45, 7) is 2.57. The monoisotopic (exact) mass is 395 g/mol. The molecule has 4 aromatic rings. The van der Waals surface area contributed by atoms with Gasteiger partial charge in [0.2, 0.25) is 0 Å². The molecule has 4 rings (SSSR count). The molecule has 0 fully saturated rings. The number of benzene rings is 2. The van der Waals surface area contributed by atoms with Crippen molar-refractivity contribution >= 4 is 39.7 Å². The van der Waals surface area contributed by atoms with E-state index >= 15 is 0 Å². The van der Waals surface area contributed by atoms with Crippen LogP contribution < -0.4 is 5.32 Å². The highest BCUT2D eigenvalue weighted by atomic mass is 35.5. The molecule has 0 aliphatic heterocycles. The van der Waals surface area contributed by atoms with Gasteiger partial charge in [0.05, 0.1) is 21.2 Å². The van der Waals surface area contributed by atoms with Crippen LogP contribution in [0.2, 0.25) is 5.02 Å². The third-order valence-corrected chi connectivity index (χ3v) is 5.51. The molecule has 136 valence electrons. The maximum Gasteiger partial charge on any atom is 0.267 e. The predicted octanol–water partition coefficient (Wildman–Crippen LogP) is 5.23. The van der Waals surface area contributed by atoms with Gasteiger partial charge >= 0.3 is 0 Å². The molecular formula is C21H18ClN3OS. The number of halogens is 1. The average molecular weight is 396 g/mol. The molecule has 0 aliphatic rings. The summed E-state index contributed by atoms with van der Waals surface area (Å²) in [6, 6.07) is 15.7. The first-order chi connectivity index (χ1) is 13.1. The standard InChI is InChI=1S/C21H18ClN3OS/c1-13-24-19(12-27-13)15-7-5-14(6-8-15)9-10-23-21(26)18-11-16-3-2-4-17(22)20(16)25-18/h2-8,11-12,25H,9-10H2,1H3,(H,23,26). The Bertz CT molecular complexity index is 1100. The number of hydrogen-bond acceptors (Lipinski definition) is 3. The highest BCUT2D eigenvalue weighted by Gasteiger charge is 2.10. The van der Waals surface area contributed by atoms with Gasteiger partial charge in [-0.2, -0.15) is 0 Å². The van der Waals surface area contributed by atoms with Crippen molar-refractivity contribution < 1.29 is 4.79 Å². The second-order valence-electron chi connectivity index (χ2n) is 6.34. The fraction of sp³-hybridized carbons (Fsp3) is 0.143. The van der Waals surface area contributed by atoms with E-state index in [4.69, 9.17) is 11.6 Å². The number of nitrogens with one attached hydrogen (secondary N) is 2. The number of nitrogens with zero attached hydrogens (tertiary/aromatic N) is 1. The molecule has 4 nitrogen and oxygen atoms in total. The molecule has 6 heteroatoms. The van der Waals surface area contributed by atoms with E-state index in [1.807, 2.05) is 25.1 Å². The molecule has 0 saturated heterocycles.